The number of benzene rings is 1. The Morgan fingerprint density at radius 2 is 1.27 bits per heavy atom. The Labute approximate surface area is 223 Å². The molecule has 0 saturated carbocycles. The van der Waals surface area contributed by atoms with Gasteiger partial charge < -0.3 is 5.73 Å². The third kappa shape index (κ3) is 6.58. The third-order valence-corrected chi connectivity index (χ3v) is 14.2. The number of rotatable bonds is 12. The quantitative estimate of drug-likeness (QED) is 0.250. The summed E-state index contributed by atoms with van der Waals surface area (Å²) < 4.78 is 5.82. The minimum atomic E-state index is 0.284. The van der Waals surface area contributed by atoms with Crippen LogP contribution in [0.15, 0.2) is 43.9 Å². The highest BCUT2D eigenvalue weighted by Crippen LogP contribution is 2.64. The van der Waals surface area contributed by atoms with E-state index in [1.54, 1.807) is 0 Å². The fourth-order valence-corrected chi connectivity index (χ4v) is 12.4. The number of amidine groups is 2. The largest absolute Gasteiger partial charge is 0.383 e. The Hall–Kier alpha value is -0.0600. The number of fused-ring (bicyclic) bond motifs is 2. The average Bonchev–Trinajstić information content (AvgIpc) is 3.48. The van der Waals surface area contributed by atoms with Gasteiger partial charge in [0.25, 0.3) is 0 Å². The topological polar surface area (TPSA) is 62.2 Å². The van der Waals surface area contributed by atoms with Gasteiger partial charge in [-0.05, 0) is 36.5 Å². The van der Waals surface area contributed by atoms with Crippen molar-refractivity contribution in [2.75, 3.05) is 11.5 Å². The minimum Gasteiger partial charge on any atom is -0.383 e. The molecule has 178 valence electrons. The van der Waals surface area contributed by atoms with E-state index in [0.717, 1.165) is 11.1 Å². The van der Waals surface area contributed by atoms with Crippen molar-refractivity contribution >= 4 is 82.2 Å². The van der Waals surface area contributed by atoms with Crippen molar-refractivity contribution in [1.29, 1.82) is 5.41 Å². The molecule has 0 bridgehead atoms. The van der Waals surface area contributed by atoms with Crippen LogP contribution in [-0.4, -0.2) is 23.2 Å². The Morgan fingerprint density at radius 3 is 1.82 bits per heavy atom. The first-order valence-electron chi connectivity index (χ1n) is 11.7. The Balaban J connectivity index is 1.43. The van der Waals surface area contributed by atoms with Crippen molar-refractivity contribution < 1.29 is 0 Å². The zero-order chi connectivity index (χ0) is 23.2. The van der Waals surface area contributed by atoms with Crippen LogP contribution in [0.1, 0.15) is 76.3 Å². The van der Waals surface area contributed by atoms with Gasteiger partial charge in [0, 0.05) is 20.9 Å². The predicted molar refractivity (Wildman–Crippen MR) is 158 cm³/mol. The summed E-state index contributed by atoms with van der Waals surface area (Å²) in [7, 11) is 0. The normalized spacial score (nSPS) is 17.3. The zero-order valence-electron chi connectivity index (χ0n) is 19.2. The summed E-state index contributed by atoms with van der Waals surface area (Å²) in [5, 5.41) is 8.09. The molecule has 33 heavy (non-hydrogen) atoms. The fourth-order valence-electron chi connectivity index (χ4n) is 3.59. The number of aliphatic imine (C=N–C) groups is 1. The average molecular weight is 554 g/mol. The lowest BCUT2D eigenvalue weighted by Gasteiger charge is -2.05. The molecule has 0 aliphatic carbocycles. The SMILES string of the molecule is CCCCCCSC1=C(SCCCCCC)SC(=C2Sc3cc4c(cc3S2)C(N)=NC4=N)S1. The molecule has 0 saturated heterocycles. The summed E-state index contributed by atoms with van der Waals surface area (Å²) in [6.07, 6.45) is 10.6. The van der Waals surface area contributed by atoms with E-state index < -0.39 is 0 Å². The molecule has 0 radical (unpaired) electrons. The zero-order valence-corrected chi connectivity index (χ0v) is 24.1. The summed E-state index contributed by atoms with van der Waals surface area (Å²) in [6.45, 7) is 4.55. The van der Waals surface area contributed by atoms with Crippen LogP contribution in [0, 0.1) is 5.41 Å². The molecule has 0 unspecified atom stereocenters. The second-order valence-electron chi connectivity index (χ2n) is 8.07. The van der Waals surface area contributed by atoms with E-state index in [1.807, 2.05) is 47.0 Å². The number of nitrogens with two attached hydrogens (primary N) is 1. The summed E-state index contributed by atoms with van der Waals surface area (Å²) in [6, 6.07) is 4.23. The Bertz CT molecular complexity index is 970. The van der Waals surface area contributed by atoms with Gasteiger partial charge in [0.15, 0.2) is 5.84 Å². The Morgan fingerprint density at radius 1 is 0.758 bits per heavy atom. The molecule has 3 nitrogen and oxygen atoms in total. The van der Waals surface area contributed by atoms with Crippen LogP contribution in [-0.2, 0) is 0 Å². The van der Waals surface area contributed by atoms with Crippen molar-refractivity contribution in [1.82, 2.24) is 0 Å². The second kappa shape index (κ2) is 12.8. The third-order valence-electron chi connectivity index (χ3n) is 5.42. The first-order chi connectivity index (χ1) is 16.1. The summed E-state index contributed by atoms with van der Waals surface area (Å²) in [4.78, 5) is 6.60. The van der Waals surface area contributed by atoms with Gasteiger partial charge >= 0.3 is 0 Å². The molecule has 3 N–H and O–H groups in total. The Kier molecular flexibility index (Phi) is 10.1. The number of nitrogens with zero attached hydrogens (tertiary/aromatic N) is 1. The van der Waals surface area contributed by atoms with E-state index >= 15 is 0 Å². The van der Waals surface area contributed by atoms with E-state index in [0.29, 0.717) is 5.84 Å². The van der Waals surface area contributed by atoms with E-state index in [2.05, 4.69) is 54.5 Å². The number of hydrogen-bond acceptors (Lipinski definition) is 8. The lowest BCUT2D eigenvalue weighted by atomic mass is 10.1. The number of thioether (sulfide) groups is 6. The first kappa shape index (κ1) is 26.0. The maximum atomic E-state index is 8.09. The summed E-state index contributed by atoms with van der Waals surface area (Å²) >= 11 is 11.8. The van der Waals surface area contributed by atoms with Crippen LogP contribution >= 0.6 is 70.6 Å². The molecule has 1 aromatic carbocycles. The lowest BCUT2D eigenvalue weighted by Crippen LogP contribution is -2.10. The van der Waals surface area contributed by atoms with Gasteiger partial charge in [0.1, 0.15) is 5.84 Å². The standard InChI is InChI=1S/C24H31N3S6/c1-3-5-7-9-11-28-21-22(29-12-10-8-6-4-2)33-24(32-21)23-30-17-13-15-16(14-18(17)31-23)20(26)27-19(15)25/h13-14H,3-12H2,1-2H3,(H3,25,26,27). The van der Waals surface area contributed by atoms with Crippen molar-refractivity contribution in [3.63, 3.8) is 0 Å². The van der Waals surface area contributed by atoms with Gasteiger partial charge in [-0.3, -0.25) is 5.41 Å². The molecule has 0 spiro atoms. The molecular formula is C24H31N3S6. The smallest absolute Gasteiger partial charge is 0.154 e. The minimum absolute atomic E-state index is 0.284. The highest BCUT2D eigenvalue weighted by Gasteiger charge is 2.31. The van der Waals surface area contributed by atoms with Crippen molar-refractivity contribution in [2.24, 2.45) is 10.7 Å². The van der Waals surface area contributed by atoms with Crippen LogP contribution < -0.4 is 5.73 Å². The predicted octanol–water partition coefficient (Wildman–Crippen LogP) is 9.29. The van der Waals surface area contributed by atoms with E-state index in [4.69, 9.17) is 11.1 Å². The molecule has 1 aromatic rings. The van der Waals surface area contributed by atoms with Gasteiger partial charge in [0.05, 0.1) is 16.9 Å². The van der Waals surface area contributed by atoms with Gasteiger partial charge in [-0.1, -0.05) is 99.4 Å². The van der Waals surface area contributed by atoms with Gasteiger partial charge in [0.2, 0.25) is 0 Å². The molecule has 0 fully saturated rings. The summed E-state index contributed by atoms with van der Waals surface area (Å²) in [5.41, 5.74) is 7.81. The fraction of sp³-hybridized carbons (Fsp3) is 0.500. The number of nitrogens with one attached hydrogen (secondary N) is 1. The number of unbranched alkanes of at least 4 members (excludes halogenated alkanes) is 6. The highest BCUT2D eigenvalue weighted by atomic mass is 32.3. The van der Waals surface area contributed by atoms with Crippen LogP contribution in [0.25, 0.3) is 0 Å². The molecular weight excluding hydrogens is 523 g/mol. The van der Waals surface area contributed by atoms with Crippen LogP contribution in [0.3, 0.4) is 0 Å². The van der Waals surface area contributed by atoms with E-state index in [1.165, 1.54) is 89.6 Å². The van der Waals surface area contributed by atoms with Crippen LogP contribution in [0.2, 0.25) is 0 Å². The van der Waals surface area contributed by atoms with Crippen LogP contribution in [0.5, 0.6) is 0 Å². The molecule has 9 heteroatoms. The molecule has 3 aliphatic rings. The molecule has 0 amide bonds. The van der Waals surface area contributed by atoms with E-state index in [9.17, 15) is 0 Å². The van der Waals surface area contributed by atoms with Crippen molar-refractivity contribution in [3.05, 3.63) is 40.2 Å². The molecule has 3 aliphatic heterocycles. The van der Waals surface area contributed by atoms with Crippen molar-refractivity contribution in [3.8, 4) is 0 Å². The van der Waals surface area contributed by atoms with Gasteiger partial charge in [-0.15, -0.1) is 23.5 Å². The van der Waals surface area contributed by atoms with E-state index in [-0.39, 0.29) is 5.84 Å². The molecule has 3 heterocycles. The first-order valence-corrected chi connectivity index (χ1v) is 16.9. The number of hydrogen-bond donors (Lipinski definition) is 2. The monoisotopic (exact) mass is 553 g/mol. The maximum Gasteiger partial charge on any atom is 0.154 e. The molecule has 4 rings (SSSR count). The molecule has 0 atom stereocenters. The maximum absolute atomic E-state index is 8.09. The summed E-state index contributed by atoms with van der Waals surface area (Å²) in [5.74, 6) is 3.20. The second-order valence-corrected chi connectivity index (χ2v) is 15.5. The van der Waals surface area contributed by atoms with Gasteiger partial charge in [-0.2, -0.15) is 0 Å². The lowest BCUT2D eigenvalue weighted by molar-refractivity contribution is 0.707. The molecule has 0 aromatic heterocycles. The van der Waals surface area contributed by atoms with Crippen LogP contribution in [0.4, 0.5) is 0 Å². The van der Waals surface area contributed by atoms with Gasteiger partial charge in [-0.25, -0.2) is 4.99 Å². The highest BCUT2D eigenvalue weighted by molar-refractivity contribution is 8.42. The van der Waals surface area contributed by atoms with Crippen molar-refractivity contribution in [2.45, 2.75) is 75.0 Å².